The van der Waals surface area contributed by atoms with Gasteiger partial charge < -0.3 is 19.5 Å². The first kappa shape index (κ1) is 16.9. The number of carbonyl (C=O) groups excluding carboxylic acids is 1. The quantitative estimate of drug-likeness (QED) is 0.904. The van der Waals surface area contributed by atoms with E-state index in [1.807, 2.05) is 17.9 Å². The van der Waals surface area contributed by atoms with Crippen LogP contribution in [-0.4, -0.2) is 41.4 Å². The van der Waals surface area contributed by atoms with Gasteiger partial charge in [0, 0.05) is 30.7 Å². The van der Waals surface area contributed by atoms with Gasteiger partial charge in [0.05, 0.1) is 12.1 Å². The van der Waals surface area contributed by atoms with Crippen LogP contribution in [0, 0.1) is 12.3 Å². The predicted molar refractivity (Wildman–Crippen MR) is 93.2 cm³/mol. The van der Waals surface area contributed by atoms with E-state index >= 15 is 0 Å². The standard InChI is InChI=1S/C19H29N3O3/c1-3-24-17-12-16(19(17)8-4-5-9-19)20-18(23)22-10-6-7-15(22)14-11-13(2)25-21-14/h11,15-17H,3-10,12H2,1-2H3,(H,20,23)/t15-,16+,17-/m1/s1. The van der Waals surface area contributed by atoms with Crippen LogP contribution < -0.4 is 5.32 Å². The van der Waals surface area contributed by atoms with Crippen LogP contribution in [-0.2, 0) is 4.74 Å². The molecule has 138 valence electrons. The fourth-order valence-electron chi connectivity index (χ4n) is 5.18. The van der Waals surface area contributed by atoms with Crippen LogP contribution in [0.4, 0.5) is 4.79 Å². The van der Waals surface area contributed by atoms with E-state index in [0.29, 0.717) is 6.10 Å². The number of hydrogen-bond acceptors (Lipinski definition) is 4. The lowest BCUT2D eigenvalue weighted by Crippen LogP contribution is -2.65. The molecule has 1 aromatic rings. The number of aryl methyl sites for hydroxylation is 1. The third kappa shape index (κ3) is 2.84. The van der Waals surface area contributed by atoms with E-state index in [4.69, 9.17) is 9.26 Å². The first-order chi connectivity index (χ1) is 12.1. The van der Waals surface area contributed by atoms with Crippen molar-refractivity contribution in [1.82, 2.24) is 15.4 Å². The molecule has 1 aromatic heterocycles. The summed E-state index contributed by atoms with van der Waals surface area (Å²) in [4.78, 5) is 14.9. The summed E-state index contributed by atoms with van der Waals surface area (Å²) in [7, 11) is 0. The summed E-state index contributed by atoms with van der Waals surface area (Å²) in [6, 6.07) is 2.29. The van der Waals surface area contributed by atoms with Crippen molar-refractivity contribution in [2.75, 3.05) is 13.2 Å². The Hall–Kier alpha value is -1.56. The van der Waals surface area contributed by atoms with E-state index in [0.717, 1.165) is 43.9 Å². The second-order valence-electron chi connectivity index (χ2n) is 7.84. The number of rotatable bonds is 4. The number of carbonyl (C=O) groups is 1. The number of ether oxygens (including phenoxy) is 1. The molecule has 0 radical (unpaired) electrons. The van der Waals surface area contributed by atoms with Crippen LogP contribution in [0.3, 0.4) is 0 Å². The van der Waals surface area contributed by atoms with Gasteiger partial charge in [0.1, 0.15) is 11.5 Å². The van der Waals surface area contributed by atoms with E-state index in [9.17, 15) is 4.79 Å². The zero-order chi connectivity index (χ0) is 17.4. The van der Waals surface area contributed by atoms with Crippen molar-refractivity contribution < 1.29 is 14.1 Å². The minimum Gasteiger partial charge on any atom is -0.378 e. The Morgan fingerprint density at radius 3 is 2.92 bits per heavy atom. The molecule has 2 aliphatic carbocycles. The second kappa shape index (κ2) is 6.63. The number of urea groups is 1. The summed E-state index contributed by atoms with van der Waals surface area (Å²) in [6.45, 7) is 5.50. The molecule has 25 heavy (non-hydrogen) atoms. The SMILES string of the molecule is CCO[C@@H]1C[C@H](NC(=O)N2CCC[C@@H]2c2cc(C)on2)C12CCCC2. The lowest BCUT2D eigenvalue weighted by molar-refractivity contribution is -0.127. The Kier molecular flexibility index (Phi) is 4.48. The highest BCUT2D eigenvalue weighted by Crippen LogP contribution is 2.54. The molecule has 1 N–H and O–H groups in total. The van der Waals surface area contributed by atoms with Crippen molar-refractivity contribution >= 4 is 6.03 Å². The first-order valence-corrected chi connectivity index (χ1v) is 9.76. The van der Waals surface area contributed by atoms with Gasteiger partial charge in [-0.3, -0.25) is 0 Å². The maximum Gasteiger partial charge on any atom is 0.318 e. The molecule has 2 heterocycles. The maximum atomic E-state index is 13.0. The van der Waals surface area contributed by atoms with Crippen molar-refractivity contribution in [2.45, 2.75) is 77.0 Å². The maximum absolute atomic E-state index is 13.0. The van der Waals surface area contributed by atoms with Crippen molar-refractivity contribution in [1.29, 1.82) is 0 Å². The van der Waals surface area contributed by atoms with Crippen molar-refractivity contribution in [3.05, 3.63) is 17.5 Å². The van der Waals surface area contributed by atoms with Gasteiger partial charge in [-0.05, 0) is 46.0 Å². The van der Waals surface area contributed by atoms with Gasteiger partial charge in [-0.15, -0.1) is 0 Å². The Balaban J connectivity index is 1.43. The highest BCUT2D eigenvalue weighted by atomic mass is 16.5. The van der Waals surface area contributed by atoms with Gasteiger partial charge in [-0.2, -0.15) is 0 Å². The normalized spacial score (nSPS) is 30.6. The van der Waals surface area contributed by atoms with E-state index in [2.05, 4.69) is 17.4 Å². The third-order valence-corrected chi connectivity index (χ3v) is 6.49. The number of nitrogens with one attached hydrogen (secondary N) is 1. The number of likely N-dealkylation sites (tertiary alicyclic amines) is 1. The van der Waals surface area contributed by atoms with Gasteiger partial charge in [-0.1, -0.05) is 18.0 Å². The van der Waals surface area contributed by atoms with Gasteiger partial charge in [0.25, 0.3) is 0 Å². The molecule has 1 saturated heterocycles. The lowest BCUT2D eigenvalue weighted by Gasteiger charge is -2.54. The smallest absolute Gasteiger partial charge is 0.318 e. The topological polar surface area (TPSA) is 67.6 Å². The van der Waals surface area contributed by atoms with Crippen LogP contribution in [0.1, 0.15) is 69.4 Å². The van der Waals surface area contributed by atoms with Gasteiger partial charge >= 0.3 is 6.03 Å². The highest BCUT2D eigenvalue weighted by Gasteiger charge is 2.57. The molecule has 3 aliphatic rings. The van der Waals surface area contributed by atoms with Gasteiger partial charge in [0.15, 0.2) is 0 Å². The number of nitrogens with zero attached hydrogens (tertiary/aromatic N) is 2. The summed E-state index contributed by atoms with van der Waals surface area (Å²) in [5, 5.41) is 7.47. The summed E-state index contributed by atoms with van der Waals surface area (Å²) in [5.74, 6) is 0.797. The predicted octanol–water partition coefficient (Wildman–Crippen LogP) is 3.57. The molecule has 1 spiro atoms. The number of amides is 2. The molecular formula is C19H29N3O3. The lowest BCUT2D eigenvalue weighted by atomic mass is 9.60. The first-order valence-electron chi connectivity index (χ1n) is 9.76. The minimum atomic E-state index is 0.0414. The molecule has 4 rings (SSSR count). The Morgan fingerprint density at radius 2 is 2.24 bits per heavy atom. The van der Waals surface area contributed by atoms with Crippen molar-refractivity contribution in [3.8, 4) is 0 Å². The monoisotopic (exact) mass is 347 g/mol. The molecule has 6 nitrogen and oxygen atoms in total. The molecular weight excluding hydrogens is 318 g/mol. The molecule has 3 fully saturated rings. The van der Waals surface area contributed by atoms with Crippen LogP contribution in [0.2, 0.25) is 0 Å². The second-order valence-corrected chi connectivity index (χ2v) is 7.84. The van der Waals surface area contributed by atoms with E-state index in [-0.39, 0.29) is 23.5 Å². The molecule has 0 unspecified atom stereocenters. The van der Waals surface area contributed by atoms with Crippen molar-refractivity contribution in [3.63, 3.8) is 0 Å². The van der Waals surface area contributed by atoms with E-state index in [1.165, 1.54) is 25.7 Å². The molecule has 1 aliphatic heterocycles. The average Bonchev–Trinajstić information content (AvgIpc) is 3.33. The molecule has 0 bridgehead atoms. The largest absolute Gasteiger partial charge is 0.378 e. The Bertz CT molecular complexity index is 623. The molecule has 6 heteroatoms. The minimum absolute atomic E-state index is 0.0414. The number of hydrogen-bond donors (Lipinski definition) is 1. The fraction of sp³-hybridized carbons (Fsp3) is 0.789. The zero-order valence-corrected chi connectivity index (χ0v) is 15.3. The summed E-state index contributed by atoms with van der Waals surface area (Å²) < 4.78 is 11.2. The Morgan fingerprint density at radius 1 is 1.44 bits per heavy atom. The van der Waals surface area contributed by atoms with E-state index < -0.39 is 0 Å². The molecule has 2 saturated carbocycles. The molecule has 2 amide bonds. The van der Waals surface area contributed by atoms with Gasteiger partial charge in [0.2, 0.25) is 0 Å². The van der Waals surface area contributed by atoms with Crippen molar-refractivity contribution in [2.24, 2.45) is 5.41 Å². The van der Waals surface area contributed by atoms with Crippen LogP contribution in [0.15, 0.2) is 10.6 Å². The van der Waals surface area contributed by atoms with E-state index in [1.54, 1.807) is 0 Å². The fourth-order valence-corrected chi connectivity index (χ4v) is 5.18. The van der Waals surface area contributed by atoms with Crippen LogP contribution in [0.5, 0.6) is 0 Å². The average molecular weight is 347 g/mol. The molecule has 3 atom stereocenters. The summed E-state index contributed by atoms with van der Waals surface area (Å²) in [6.07, 6.45) is 8.08. The summed E-state index contributed by atoms with van der Waals surface area (Å²) >= 11 is 0. The highest BCUT2D eigenvalue weighted by molar-refractivity contribution is 5.75. The Labute approximate surface area is 149 Å². The van der Waals surface area contributed by atoms with Gasteiger partial charge in [-0.25, -0.2) is 4.79 Å². The third-order valence-electron chi connectivity index (χ3n) is 6.49. The van der Waals surface area contributed by atoms with Crippen LogP contribution in [0.25, 0.3) is 0 Å². The molecule has 0 aromatic carbocycles. The zero-order valence-electron chi connectivity index (χ0n) is 15.3. The van der Waals surface area contributed by atoms with Crippen LogP contribution >= 0.6 is 0 Å². The number of aromatic nitrogens is 1. The summed E-state index contributed by atoms with van der Waals surface area (Å²) in [5.41, 5.74) is 1.05.